The number of thiophene rings is 1. The summed E-state index contributed by atoms with van der Waals surface area (Å²) in [5.41, 5.74) is 0. The summed E-state index contributed by atoms with van der Waals surface area (Å²) in [5.74, 6) is -3.27. The molecule has 30 heavy (non-hydrogen) atoms. The van der Waals surface area contributed by atoms with Crippen LogP contribution in [-0.2, 0) is 24.3 Å². The zero-order chi connectivity index (χ0) is 22.6. The van der Waals surface area contributed by atoms with Crippen molar-refractivity contribution in [2.75, 3.05) is 6.61 Å². The molecule has 1 aromatic rings. The number of aliphatic hydroxyl groups is 3. The Hall–Kier alpha value is -2.03. The summed E-state index contributed by atoms with van der Waals surface area (Å²) in [6.07, 6.45) is -4.16. The van der Waals surface area contributed by atoms with E-state index in [2.05, 4.69) is 10.0 Å². The molecule has 13 heteroatoms. The summed E-state index contributed by atoms with van der Waals surface area (Å²) in [5, 5.41) is 42.8. The number of hydrogen-bond acceptors (Lipinski definition) is 9. The van der Waals surface area contributed by atoms with Crippen molar-refractivity contribution in [2.24, 2.45) is 5.92 Å². The number of rotatable bonds is 9. The maximum atomic E-state index is 12.7. The van der Waals surface area contributed by atoms with E-state index < -0.39 is 70.6 Å². The summed E-state index contributed by atoms with van der Waals surface area (Å²) in [6.45, 7) is 2.29. The molecule has 2 rings (SSSR count). The topological polar surface area (TPSA) is 182 Å². The summed E-state index contributed by atoms with van der Waals surface area (Å²) < 4.78 is 32.9. The molecule has 0 bridgehead atoms. The monoisotopic (exact) mass is 464 g/mol. The first-order chi connectivity index (χ1) is 14.0. The first-order valence-electron chi connectivity index (χ1n) is 8.93. The minimum absolute atomic E-state index is 0.0410. The highest BCUT2D eigenvalue weighted by Gasteiger charge is 2.45. The molecule has 0 aromatic carbocycles. The van der Waals surface area contributed by atoms with E-state index in [0.29, 0.717) is 0 Å². The van der Waals surface area contributed by atoms with Crippen LogP contribution >= 0.6 is 11.3 Å². The van der Waals surface area contributed by atoms with Gasteiger partial charge < -0.3 is 30.5 Å². The van der Waals surface area contributed by atoms with Crippen LogP contribution in [0.25, 0.3) is 0 Å². The Morgan fingerprint density at radius 2 is 1.97 bits per heavy atom. The molecule has 0 radical (unpaired) electrons. The molecule has 11 nitrogen and oxygen atoms in total. The van der Waals surface area contributed by atoms with E-state index in [1.807, 2.05) is 0 Å². The van der Waals surface area contributed by atoms with Crippen LogP contribution in [-0.4, -0.2) is 77.7 Å². The van der Waals surface area contributed by atoms with Gasteiger partial charge in [0, 0.05) is 5.92 Å². The Bertz CT molecular complexity index is 883. The van der Waals surface area contributed by atoms with Gasteiger partial charge in [-0.3, -0.25) is 4.79 Å². The third kappa shape index (κ3) is 5.56. The number of carbonyl (C=O) groups is 2. The second kappa shape index (κ2) is 9.85. The van der Waals surface area contributed by atoms with Crippen LogP contribution in [0.2, 0.25) is 0 Å². The van der Waals surface area contributed by atoms with Gasteiger partial charge in [-0.2, -0.15) is 0 Å². The highest BCUT2D eigenvalue weighted by Crippen LogP contribution is 2.25. The van der Waals surface area contributed by atoms with Crippen LogP contribution in [0.15, 0.2) is 33.6 Å². The molecular formula is C17H24N2O9S2. The van der Waals surface area contributed by atoms with Crippen molar-refractivity contribution in [1.29, 1.82) is 0 Å². The molecule has 1 aliphatic heterocycles. The molecule has 0 fully saturated rings. The van der Waals surface area contributed by atoms with Crippen molar-refractivity contribution in [3.05, 3.63) is 29.3 Å². The van der Waals surface area contributed by atoms with Gasteiger partial charge in [0.15, 0.2) is 0 Å². The summed E-state index contributed by atoms with van der Waals surface area (Å²) >= 11 is 0.933. The van der Waals surface area contributed by atoms with Gasteiger partial charge in [0.05, 0.1) is 18.7 Å². The number of aliphatic carboxylic acids is 1. The first kappa shape index (κ1) is 24.2. The average molecular weight is 465 g/mol. The molecule has 5 atom stereocenters. The molecule has 1 aliphatic rings. The average Bonchev–Trinajstić information content (AvgIpc) is 3.23. The molecule has 0 saturated carbocycles. The fraction of sp³-hybridized carbons (Fsp3) is 0.529. The maximum Gasteiger partial charge on any atom is 0.370 e. The summed E-state index contributed by atoms with van der Waals surface area (Å²) in [6, 6.07) is 0.251. The molecule has 0 aliphatic carbocycles. The molecule has 0 saturated heterocycles. The number of hydrogen-bond donors (Lipinski definition) is 6. The van der Waals surface area contributed by atoms with Gasteiger partial charge in [-0.15, -0.1) is 11.3 Å². The Morgan fingerprint density at radius 3 is 2.47 bits per heavy atom. The quantitative estimate of drug-likeness (QED) is 0.256. The van der Waals surface area contributed by atoms with E-state index in [-0.39, 0.29) is 4.21 Å². The number of sulfonamides is 1. The highest BCUT2D eigenvalue weighted by molar-refractivity contribution is 7.91. The second-order valence-electron chi connectivity index (χ2n) is 6.93. The van der Waals surface area contributed by atoms with Crippen LogP contribution in [0.1, 0.15) is 13.8 Å². The number of amides is 1. The highest BCUT2D eigenvalue weighted by atomic mass is 32.2. The Labute approximate surface area is 177 Å². The summed E-state index contributed by atoms with van der Waals surface area (Å²) in [7, 11) is -4.10. The van der Waals surface area contributed by atoms with Gasteiger partial charge >= 0.3 is 5.97 Å². The number of ether oxygens (including phenoxy) is 1. The standard InChI is InChI=1S/C17H24N2O9S2/c1-8(2)16(23)18-13-9(19-30(26,27)12-4-3-5-29-12)6-11(17(24)25)28-15(13)14(22)10(21)7-20/h3-6,8-10,13-15,19-22H,7H2,1-2H3,(H,18,23)(H,24,25)/t9-,10?,13+,14+,15+/m0/s1. The number of aliphatic hydroxyl groups excluding tert-OH is 3. The molecule has 168 valence electrons. The van der Waals surface area contributed by atoms with Gasteiger partial charge in [0.2, 0.25) is 11.7 Å². The minimum Gasteiger partial charge on any atom is -0.478 e. The predicted molar refractivity (Wildman–Crippen MR) is 105 cm³/mol. The summed E-state index contributed by atoms with van der Waals surface area (Å²) in [4.78, 5) is 23.8. The van der Waals surface area contributed by atoms with Crippen LogP contribution in [0.3, 0.4) is 0 Å². The zero-order valence-electron chi connectivity index (χ0n) is 16.1. The van der Waals surface area contributed by atoms with Crippen molar-refractivity contribution < 1.29 is 43.2 Å². The van der Waals surface area contributed by atoms with E-state index in [1.165, 1.54) is 12.1 Å². The predicted octanol–water partition coefficient (Wildman–Crippen LogP) is -1.38. The minimum atomic E-state index is -4.10. The SMILES string of the molecule is CC(C)C(=O)N[C@H]1[C@H]([C@H](O)C(O)CO)OC(C(=O)O)=C[C@@H]1NS(=O)(=O)c1cccs1. The van der Waals surface area contributed by atoms with E-state index in [4.69, 9.17) is 9.84 Å². The van der Waals surface area contributed by atoms with Crippen molar-refractivity contribution in [3.63, 3.8) is 0 Å². The molecule has 2 heterocycles. The maximum absolute atomic E-state index is 12.7. The lowest BCUT2D eigenvalue weighted by Gasteiger charge is -2.40. The van der Waals surface area contributed by atoms with Crippen molar-refractivity contribution >= 4 is 33.2 Å². The lowest BCUT2D eigenvalue weighted by Crippen LogP contribution is -2.64. The molecule has 1 unspecified atom stereocenters. The van der Waals surface area contributed by atoms with Gasteiger partial charge in [-0.05, 0) is 17.5 Å². The van der Waals surface area contributed by atoms with Crippen molar-refractivity contribution in [2.45, 2.75) is 48.5 Å². The van der Waals surface area contributed by atoms with Gasteiger partial charge in [0.25, 0.3) is 10.0 Å². The van der Waals surface area contributed by atoms with Crippen molar-refractivity contribution in [3.8, 4) is 0 Å². The fourth-order valence-electron chi connectivity index (χ4n) is 2.72. The number of carboxylic acid groups (broad SMARTS) is 1. The van der Waals surface area contributed by atoms with E-state index in [0.717, 1.165) is 17.4 Å². The smallest absolute Gasteiger partial charge is 0.370 e. The van der Waals surface area contributed by atoms with Gasteiger partial charge in [-0.1, -0.05) is 19.9 Å². The Morgan fingerprint density at radius 1 is 1.30 bits per heavy atom. The first-order valence-corrected chi connectivity index (χ1v) is 11.3. The van der Waals surface area contributed by atoms with Crippen LogP contribution in [0, 0.1) is 5.92 Å². The molecule has 1 aromatic heterocycles. The van der Waals surface area contributed by atoms with E-state index >= 15 is 0 Å². The van der Waals surface area contributed by atoms with E-state index in [1.54, 1.807) is 19.2 Å². The van der Waals surface area contributed by atoms with Crippen LogP contribution in [0.4, 0.5) is 0 Å². The van der Waals surface area contributed by atoms with Crippen molar-refractivity contribution in [1.82, 2.24) is 10.0 Å². The lowest BCUT2D eigenvalue weighted by molar-refractivity contribution is -0.146. The molecular weight excluding hydrogens is 440 g/mol. The lowest BCUT2D eigenvalue weighted by atomic mass is 9.92. The van der Waals surface area contributed by atoms with Gasteiger partial charge in [-0.25, -0.2) is 17.9 Å². The number of carbonyl (C=O) groups excluding carboxylic acids is 1. The number of carboxylic acids is 1. The van der Waals surface area contributed by atoms with E-state index in [9.17, 15) is 33.3 Å². The zero-order valence-corrected chi connectivity index (χ0v) is 17.8. The Kier molecular flexibility index (Phi) is 7.96. The Balaban J connectivity index is 2.49. The second-order valence-corrected chi connectivity index (χ2v) is 9.82. The van der Waals surface area contributed by atoms with Gasteiger partial charge in [0.1, 0.15) is 22.5 Å². The van der Waals surface area contributed by atoms with Crippen LogP contribution < -0.4 is 10.0 Å². The molecule has 6 N–H and O–H groups in total. The molecule has 1 amide bonds. The third-order valence-electron chi connectivity index (χ3n) is 4.35. The van der Waals surface area contributed by atoms with Crippen LogP contribution in [0.5, 0.6) is 0 Å². The fourth-order valence-corrected chi connectivity index (χ4v) is 4.94. The third-order valence-corrected chi connectivity index (χ3v) is 7.20. The largest absolute Gasteiger partial charge is 0.478 e. The normalized spacial score (nSPS) is 23.9. The number of nitrogens with one attached hydrogen (secondary N) is 2. The molecule has 0 spiro atoms.